The van der Waals surface area contributed by atoms with E-state index in [0.717, 1.165) is 5.69 Å². The van der Waals surface area contributed by atoms with Crippen molar-refractivity contribution in [2.45, 2.75) is 0 Å². The second-order valence-electron chi connectivity index (χ2n) is 2.50. The summed E-state index contributed by atoms with van der Waals surface area (Å²) >= 11 is 5.88. The van der Waals surface area contributed by atoms with Gasteiger partial charge in [-0.15, -0.1) is 10.2 Å². The molecule has 0 bridgehead atoms. The van der Waals surface area contributed by atoms with Gasteiger partial charge in [-0.05, 0) is 12.1 Å². The van der Waals surface area contributed by atoms with Crippen molar-refractivity contribution in [2.75, 3.05) is 0 Å². The maximum Gasteiger partial charge on any atom is 0.123 e. The molecule has 1 heterocycles. The molecule has 0 unspecified atom stereocenters. The fraction of sp³-hybridized carbons (Fsp3) is 0. The highest BCUT2D eigenvalue weighted by molar-refractivity contribution is 6.32. The van der Waals surface area contributed by atoms with Gasteiger partial charge in [0.05, 0.1) is 10.7 Å². The van der Waals surface area contributed by atoms with Gasteiger partial charge in [0.1, 0.15) is 18.4 Å². The molecule has 1 aromatic heterocycles. The number of halogens is 1. The first-order valence-electron chi connectivity index (χ1n) is 3.61. The van der Waals surface area contributed by atoms with Gasteiger partial charge in [0.25, 0.3) is 0 Å². The van der Waals surface area contributed by atoms with Crippen molar-refractivity contribution in [3.63, 3.8) is 0 Å². The highest BCUT2D eigenvalue weighted by Crippen LogP contribution is 2.24. The van der Waals surface area contributed by atoms with Crippen LogP contribution in [0.25, 0.3) is 5.69 Å². The Morgan fingerprint density at radius 3 is 2.54 bits per heavy atom. The molecule has 2 rings (SSSR count). The van der Waals surface area contributed by atoms with Crippen LogP contribution < -0.4 is 0 Å². The smallest absolute Gasteiger partial charge is 0.123 e. The van der Waals surface area contributed by atoms with E-state index in [-0.39, 0.29) is 5.75 Å². The quantitative estimate of drug-likeness (QED) is 0.753. The third-order valence-corrected chi connectivity index (χ3v) is 1.93. The van der Waals surface area contributed by atoms with Crippen LogP contribution in [-0.2, 0) is 0 Å². The SMILES string of the molecule is Oc1ccc(-n2cnnc2)c(Cl)c1. The van der Waals surface area contributed by atoms with Crippen molar-refractivity contribution >= 4 is 11.6 Å². The third-order valence-electron chi connectivity index (χ3n) is 1.63. The third kappa shape index (κ3) is 1.48. The molecule has 1 aromatic carbocycles. The lowest BCUT2D eigenvalue weighted by molar-refractivity contribution is 0.475. The summed E-state index contributed by atoms with van der Waals surface area (Å²) in [5.74, 6) is 0.141. The summed E-state index contributed by atoms with van der Waals surface area (Å²) in [6.07, 6.45) is 3.08. The minimum Gasteiger partial charge on any atom is -0.508 e. The molecule has 0 aliphatic heterocycles. The standard InChI is InChI=1S/C8H6ClN3O/c9-7-3-6(13)1-2-8(7)12-4-10-11-5-12/h1-5,13H. The lowest BCUT2D eigenvalue weighted by Gasteiger charge is -2.03. The Hall–Kier alpha value is -1.55. The molecule has 0 amide bonds. The number of hydrogen-bond acceptors (Lipinski definition) is 3. The summed E-state index contributed by atoms with van der Waals surface area (Å²) in [4.78, 5) is 0. The maximum atomic E-state index is 9.11. The van der Waals surface area contributed by atoms with E-state index in [2.05, 4.69) is 10.2 Å². The maximum absolute atomic E-state index is 9.11. The van der Waals surface area contributed by atoms with Crippen LogP contribution in [0, 0.1) is 0 Å². The molecule has 0 spiro atoms. The zero-order valence-corrected chi connectivity index (χ0v) is 7.31. The summed E-state index contributed by atoms with van der Waals surface area (Å²) in [6.45, 7) is 0. The molecule has 0 aliphatic carbocycles. The molecule has 66 valence electrons. The molecule has 0 fully saturated rings. The van der Waals surface area contributed by atoms with Crippen LogP contribution in [0.4, 0.5) is 0 Å². The average molecular weight is 196 g/mol. The monoisotopic (exact) mass is 195 g/mol. The number of aromatic hydroxyl groups is 1. The molecular formula is C8H6ClN3O. The number of benzene rings is 1. The molecule has 13 heavy (non-hydrogen) atoms. The van der Waals surface area contributed by atoms with Crippen LogP contribution in [-0.4, -0.2) is 19.9 Å². The van der Waals surface area contributed by atoms with Gasteiger partial charge in [-0.1, -0.05) is 11.6 Å². The summed E-state index contributed by atoms with van der Waals surface area (Å²) in [5.41, 5.74) is 0.740. The molecule has 0 radical (unpaired) electrons. The second-order valence-corrected chi connectivity index (χ2v) is 2.91. The van der Waals surface area contributed by atoms with E-state index < -0.39 is 0 Å². The van der Waals surface area contributed by atoms with E-state index in [9.17, 15) is 0 Å². The van der Waals surface area contributed by atoms with Gasteiger partial charge in [0.15, 0.2) is 0 Å². The van der Waals surface area contributed by atoms with Crippen molar-refractivity contribution in [2.24, 2.45) is 0 Å². The van der Waals surface area contributed by atoms with Crippen LogP contribution in [0.15, 0.2) is 30.9 Å². The predicted molar refractivity (Wildman–Crippen MR) is 48.0 cm³/mol. The number of rotatable bonds is 1. The summed E-state index contributed by atoms with van der Waals surface area (Å²) in [7, 11) is 0. The van der Waals surface area contributed by atoms with Crippen molar-refractivity contribution in [1.29, 1.82) is 0 Å². The lowest BCUT2D eigenvalue weighted by Crippen LogP contribution is -1.90. The van der Waals surface area contributed by atoms with E-state index in [1.165, 1.54) is 18.7 Å². The zero-order chi connectivity index (χ0) is 9.26. The summed E-state index contributed by atoms with van der Waals surface area (Å²) < 4.78 is 1.67. The lowest BCUT2D eigenvalue weighted by atomic mass is 10.3. The van der Waals surface area contributed by atoms with Gasteiger partial charge in [-0.2, -0.15) is 0 Å². The molecule has 0 saturated heterocycles. The van der Waals surface area contributed by atoms with E-state index in [0.29, 0.717) is 5.02 Å². The molecule has 1 N–H and O–H groups in total. The first-order valence-corrected chi connectivity index (χ1v) is 3.98. The van der Waals surface area contributed by atoms with Crippen LogP contribution in [0.5, 0.6) is 5.75 Å². The minimum atomic E-state index is 0.141. The number of nitrogens with zero attached hydrogens (tertiary/aromatic N) is 3. The number of phenolic OH excluding ortho intramolecular Hbond substituents is 1. The minimum absolute atomic E-state index is 0.141. The molecule has 2 aromatic rings. The molecule has 0 saturated carbocycles. The number of hydrogen-bond donors (Lipinski definition) is 1. The molecule has 0 aliphatic rings. The summed E-state index contributed by atoms with van der Waals surface area (Å²) in [6, 6.07) is 4.72. The second kappa shape index (κ2) is 3.06. The van der Waals surface area contributed by atoms with Gasteiger partial charge in [0, 0.05) is 6.07 Å². The van der Waals surface area contributed by atoms with E-state index in [4.69, 9.17) is 16.7 Å². The van der Waals surface area contributed by atoms with Gasteiger partial charge >= 0.3 is 0 Å². The van der Waals surface area contributed by atoms with Crippen molar-refractivity contribution in [1.82, 2.24) is 14.8 Å². The predicted octanol–water partition coefficient (Wildman–Crippen LogP) is 1.63. The van der Waals surface area contributed by atoms with E-state index in [1.54, 1.807) is 16.7 Å². The fourth-order valence-corrected chi connectivity index (χ4v) is 1.30. The van der Waals surface area contributed by atoms with E-state index >= 15 is 0 Å². The molecule has 0 atom stereocenters. The Bertz CT molecular complexity index is 413. The van der Waals surface area contributed by atoms with Crippen LogP contribution >= 0.6 is 11.6 Å². The Labute approximate surface area is 79.4 Å². The van der Waals surface area contributed by atoms with Gasteiger partial charge in [-0.3, -0.25) is 4.57 Å². The van der Waals surface area contributed by atoms with Crippen LogP contribution in [0.3, 0.4) is 0 Å². The van der Waals surface area contributed by atoms with Crippen molar-refractivity contribution in [3.05, 3.63) is 35.9 Å². The topological polar surface area (TPSA) is 50.9 Å². The first kappa shape index (κ1) is 8.07. The van der Waals surface area contributed by atoms with Crippen molar-refractivity contribution < 1.29 is 5.11 Å². The van der Waals surface area contributed by atoms with Crippen LogP contribution in [0.2, 0.25) is 5.02 Å². The Morgan fingerprint density at radius 1 is 1.23 bits per heavy atom. The first-order chi connectivity index (χ1) is 6.27. The van der Waals surface area contributed by atoms with Gasteiger partial charge in [-0.25, -0.2) is 0 Å². The summed E-state index contributed by atoms with van der Waals surface area (Å²) in [5, 5.41) is 16.9. The Balaban J connectivity index is 2.53. The fourth-order valence-electron chi connectivity index (χ4n) is 1.03. The van der Waals surface area contributed by atoms with Gasteiger partial charge in [0.2, 0.25) is 0 Å². The average Bonchev–Trinajstić information content (AvgIpc) is 2.56. The number of aromatic nitrogens is 3. The molecule has 4 nitrogen and oxygen atoms in total. The highest BCUT2D eigenvalue weighted by Gasteiger charge is 2.02. The van der Waals surface area contributed by atoms with Crippen molar-refractivity contribution in [3.8, 4) is 11.4 Å². The van der Waals surface area contributed by atoms with E-state index in [1.807, 2.05) is 0 Å². The molecular weight excluding hydrogens is 190 g/mol. The molecule has 5 heteroatoms. The largest absolute Gasteiger partial charge is 0.508 e. The zero-order valence-electron chi connectivity index (χ0n) is 6.55. The Kier molecular flexibility index (Phi) is 1.90. The van der Waals surface area contributed by atoms with Crippen LogP contribution in [0.1, 0.15) is 0 Å². The Morgan fingerprint density at radius 2 is 1.92 bits per heavy atom. The van der Waals surface area contributed by atoms with Gasteiger partial charge < -0.3 is 5.11 Å². The normalized spacial score (nSPS) is 10.2. The highest BCUT2D eigenvalue weighted by atomic mass is 35.5. The number of phenols is 1.